The number of carbonyl (C=O) groups excluding carboxylic acids is 3. The van der Waals surface area contributed by atoms with E-state index in [0.29, 0.717) is 5.69 Å². The quantitative estimate of drug-likeness (QED) is 0.332. The second kappa shape index (κ2) is 11.7. The Morgan fingerprint density at radius 3 is 1.67 bits per heavy atom. The SMILES string of the molecule is COC(=O)OC(=O)OC.COC(=O)n1[nH]c(=O)cc1C.Cc1cc(=O)[nH][nH]1. The van der Waals surface area contributed by atoms with Gasteiger partial charge in [0.2, 0.25) is 0 Å². The van der Waals surface area contributed by atoms with Gasteiger partial charge in [-0.15, -0.1) is 0 Å². The highest BCUT2D eigenvalue weighted by molar-refractivity contribution is 5.76. The van der Waals surface area contributed by atoms with Gasteiger partial charge in [0.15, 0.2) is 0 Å². The Balaban J connectivity index is 0.000000385. The van der Waals surface area contributed by atoms with Crippen LogP contribution in [0.1, 0.15) is 11.4 Å². The average Bonchev–Trinajstić information content (AvgIpc) is 3.18. The van der Waals surface area contributed by atoms with Crippen LogP contribution in [0.5, 0.6) is 0 Å². The molecule has 0 aliphatic rings. The summed E-state index contributed by atoms with van der Waals surface area (Å²) in [4.78, 5) is 51.7. The van der Waals surface area contributed by atoms with Crippen LogP contribution in [0.3, 0.4) is 0 Å². The molecule has 27 heavy (non-hydrogen) atoms. The molecule has 0 aromatic carbocycles. The zero-order valence-corrected chi connectivity index (χ0v) is 15.3. The Hall–Kier alpha value is -3.77. The third kappa shape index (κ3) is 9.33. The van der Waals surface area contributed by atoms with Crippen molar-refractivity contribution in [3.63, 3.8) is 0 Å². The molecule has 2 heterocycles. The van der Waals surface area contributed by atoms with E-state index < -0.39 is 18.4 Å². The average molecular weight is 388 g/mol. The number of hydrogen-bond donors (Lipinski definition) is 3. The number of H-pyrrole nitrogens is 3. The molecule has 2 aromatic rings. The molecule has 0 aliphatic heterocycles. The molecule has 0 aliphatic carbocycles. The summed E-state index contributed by atoms with van der Waals surface area (Å²) in [5, 5.41) is 7.30. The number of aryl methyl sites for hydroxylation is 2. The van der Waals surface area contributed by atoms with Gasteiger partial charge in [0.05, 0.1) is 21.3 Å². The van der Waals surface area contributed by atoms with Gasteiger partial charge in [-0.2, -0.15) is 4.68 Å². The highest BCUT2D eigenvalue weighted by atomic mass is 16.8. The number of methoxy groups -OCH3 is 3. The number of ether oxygens (including phenoxy) is 4. The summed E-state index contributed by atoms with van der Waals surface area (Å²) in [5.74, 6) is 0. The lowest BCUT2D eigenvalue weighted by Crippen LogP contribution is -2.16. The zero-order chi connectivity index (χ0) is 21.0. The van der Waals surface area contributed by atoms with Gasteiger partial charge < -0.3 is 24.0 Å². The number of carbonyl (C=O) groups is 3. The van der Waals surface area contributed by atoms with E-state index in [9.17, 15) is 24.0 Å². The van der Waals surface area contributed by atoms with Crippen LogP contribution in [-0.2, 0) is 18.9 Å². The minimum atomic E-state index is -1.08. The van der Waals surface area contributed by atoms with Gasteiger partial charge in [0.1, 0.15) is 0 Å². The molecule has 0 saturated carbocycles. The van der Waals surface area contributed by atoms with E-state index in [4.69, 9.17) is 0 Å². The van der Waals surface area contributed by atoms with Gasteiger partial charge in [0.25, 0.3) is 11.1 Å². The maximum absolute atomic E-state index is 10.8. The van der Waals surface area contributed by atoms with Gasteiger partial charge in [-0.1, -0.05) is 0 Å². The Morgan fingerprint density at radius 2 is 1.41 bits per heavy atom. The van der Waals surface area contributed by atoms with Crippen molar-refractivity contribution in [3.05, 3.63) is 44.2 Å². The van der Waals surface area contributed by atoms with E-state index >= 15 is 0 Å². The summed E-state index contributed by atoms with van der Waals surface area (Å²) in [6, 6.07) is 2.82. The smallest absolute Gasteiger partial charge is 0.451 e. The first-order chi connectivity index (χ1) is 12.6. The van der Waals surface area contributed by atoms with Crippen LogP contribution in [0.4, 0.5) is 14.4 Å². The normalized spacial score (nSPS) is 8.93. The maximum atomic E-state index is 10.8. The Kier molecular flexibility index (Phi) is 10.1. The van der Waals surface area contributed by atoms with Crippen LogP contribution < -0.4 is 11.1 Å². The van der Waals surface area contributed by atoms with Gasteiger partial charge in [-0.3, -0.25) is 19.8 Å². The van der Waals surface area contributed by atoms with Crippen LogP contribution >= 0.6 is 0 Å². The molecule has 0 saturated heterocycles. The zero-order valence-electron chi connectivity index (χ0n) is 15.3. The van der Waals surface area contributed by atoms with Crippen molar-refractivity contribution >= 4 is 18.4 Å². The minimum absolute atomic E-state index is 0.0718. The van der Waals surface area contributed by atoms with Crippen molar-refractivity contribution in [2.75, 3.05) is 21.3 Å². The molecule has 3 N–H and O–H groups in total. The van der Waals surface area contributed by atoms with Crippen LogP contribution in [0.2, 0.25) is 0 Å². The summed E-state index contributed by atoms with van der Waals surface area (Å²) in [5.41, 5.74) is 1.01. The third-order valence-electron chi connectivity index (χ3n) is 2.50. The fourth-order valence-electron chi connectivity index (χ4n) is 1.35. The fourth-order valence-corrected chi connectivity index (χ4v) is 1.35. The monoisotopic (exact) mass is 388 g/mol. The molecular weight excluding hydrogens is 368 g/mol. The molecule has 0 spiro atoms. The summed E-state index contributed by atoms with van der Waals surface area (Å²) >= 11 is 0. The fraction of sp³-hybridized carbons (Fsp3) is 0.357. The van der Waals surface area contributed by atoms with Gasteiger partial charge >= 0.3 is 18.4 Å². The van der Waals surface area contributed by atoms with E-state index in [0.717, 1.165) is 24.6 Å². The number of hydrogen-bond acceptors (Lipinski definition) is 9. The first-order valence-electron chi connectivity index (χ1n) is 7.09. The Morgan fingerprint density at radius 1 is 0.852 bits per heavy atom. The summed E-state index contributed by atoms with van der Waals surface area (Å²) in [6.07, 6.45) is -2.76. The van der Waals surface area contributed by atoms with Crippen molar-refractivity contribution in [1.82, 2.24) is 20.0 Å². The first-order valence-corrected chi connectivity index (χ1v) is 7.09. The lowest BCUT2D eigenvalue weighted by atomic mass is 10.5. The predicted octanol–water partition coefficient (Wildman–Crippen LogP) is 0.647. The van der Waals surface area contributed by atoms with E-state index in [-0.39, 0.29) is 11.1 Å². The van der Waals surface area contributed by atoms with Crippen molar-refractivity contribution in [2.45, 2.75) is 13.8 Å². The Labute approximate surface area is 152 Å². The largest absolute Gasteiger partial charge is 0.518 e. The molecule has 0 bridgehead atoms. The summed E-state index contributed by atoms with van der Waals surface area (Å²) < 4.78 is 17.2. The van der Waals surface area contributed by atoms with Crippen molar-refractivity contribution in [3.8, 4) is 0 Å². The molecule has 13 heteroatoms. The van der Waals surface area contributed by atoms with Crippen LogP contribution in [0.15, 0.2) is 21.7 Å². The van der Waals surface area contributed by atoms with Gasteiger partial charge in [0, 0.05) is 23.5 Å². The number of nitrogens with one attached hydrogen (secondary N) is 3. The third-order valence-corrected chi connectivity index (χ3v) is 2.50. The molecule has 0 unspecified atom stereocenters. The summed E-state index contributed by atoms with van der Waals surface area (Å²) in [7, 11) is 3.43. The highest BCUT2D eigenvalue weighted by Crippen LogP contribution is 1.91. The van der Waals surface area contributed by atoms with E-state index in [1.54, 1.807) is 6.92 Å². The van der Waals surface area contributed by atoms with E-state index in [1.165, 1.54) is 19.2 Å². The standard InChI is InChI=1S/C6H8N2O3.C4H6N2O.C4H6O5/c1-4-3-5(9)7-8(4)6(10)11-2;1-3-2-4(7)6-5-3;1-7-3(5)9-4(6)8-2/h3H,1-2H3,(H,7,9);2H,1H3,(H2,5,6,7);1-2H3. The highest BCUT2D eigenvalue weighted by Gasteiger charge is 2.08. The molecule has 150 valence electrons. The number of nitrogens with zero attached hydrogens (tertiary/aromatic N) is 1. The lowest BCUT2D eigenvalue weighted by Gasteiger charge is -1.99. The van der Waals surface area contributed by atoms with Gasteiger partial charge in [-0.25, -0.2) is 14.4 Å². The molecule has 0 atom stereocenters. The summed E-state index contributed by atoms with van der Waals surface area (Å²) in [6.45, 7) is 3.45. The Bertz CT molecular complexity index is 844. The van der Waals surface area contributed by atoms with Crippen molar-refractivity contribution in [2.24, 2.45) is 0 Å². The molecule has 2 aromatic heterocycles. The molecule has 0 radical (unpaired) electrons. The minimum Gasteiger partial charge on any atom is -0.451 e. The van der Waals surface area contributed by atoms with Crippen LogP contribution in [0, 0.1) is 13.8 Å². The first kappa shape index (κ1) is 23.2. The molecule has 2 rings (SSSR count). The van der Waals surface area contributed by atoms with Gasteiger partial charge in [-0.05, 0) is 13.8 Å². The number of aromatic nitrogens is 4. The van der Waals surface area contributed by atoms with Crippen molar-refractivity contribution in [1.29, 1.82) is 0 Å². The van der Waals surface area contributed by atoms with Crippen LogP contribution in [0.25, 0.3) is 0 Å². The molecular formula is C14H20N4O9. The predicted molar refractivity (Wildman–Crippen MR) is 89.6 cm³/mol. The van der Waals surface area contributed by atoms with Crippen molar-refractivity contribution < 1.29 is 33.3 Å². The number of rotatable bonds is 0. The molecule has 0 fully saturated rings. The lowest BCUT2D eigenvalue weighted by molar-refractivity contribution is 0.0568. The van der Waals surface area contributed by atoms with Crippen LogP contribution in [-0.4, -0.2) is 59.7 Å². The second-order valence-electron chi connectivity index (χ2n) is 4.52. The molecule has 0 amide bonds. The molecule has 13 nitrogen and oxygen atoms in total. The van der Waals surface area contributed by atoms with E-state index in [2.05, 4.69) is 34.2 Å². The van der Waals surface area contributed by atoms with E-state index in [1.807, 2.05) is 6.92 Å². The number of aromatic amines is 3. The second-order valence-corrected chi connectivity index (χ2v) is 4.52. The topological polar surface area (TPSA) is 175 Å². The maximum Gasteiger partial charge on any atom is 0.518 e.